The lowest BCUT2D eigenvalue weighted by Crippen LogP contribution is -2.21. The second kappa shape index (κ2) is 9.61. The largest absolute Gasteiger partial charge is 0.494 e. The lowest BCUT2D eigenvalue weighted by molar-refractivity contribution is 0.0958. The molecule has 0 spiro atoms. The number of nitrogens with one attached hydrogen (secondary N) is 3. The van der Waals surface area contributed by atoms with E-state index in [0.29, 0.717) is 28.6 Å². The van der Waals surface area contributed by atoms with Gasteiger partial charge in [0.1, 0.15) is 23.9 Å². The van der Waals surface area contributed by atoms with Gasteiger partial charge in [0, 0.05) is 24.2 Å². The molecule has 3 N–H and O–H groups in total. The molecule has 1 aromatic carbocycles. The van der Waals surface area contributed by atoms with E-state index >= 15 is 0 Å². The van der Waals surface area contributed by atoms with Crippen LogP contribution >= 0.6 is 0 Å². The van der Waals surface area contributed by atoms with Crippen molar-refractivity contribution in [3.63, 3.8) is 0 Å². The van der Waals surface area contributed by atoms with Gasteiger partial charge >= 0.3 is 0 Å². The topological polar surface area (TPSA) is 156 Å². The summed E-state index contributed by atoms with van der Waals surface area (Å²) in [4.78, 5) is 21.1. The summed E-state index contributed by atoms with van der Waals surface area (Å²) >= 11 is 0. The van der Waals surface area contributed by atoms with Crippen molar-refractivity contribution in [3.8, 4) is 23.2 Å². The molecule has 170 valence electrons. The van der Waals surface area contributed by atoms with Gasteiger partial charge in [-0.3, -0.25) is 9.48 Å². The molecule has 0 saturated carbocycles. The Balaban J connectivity index is 1.75. The molecule has 0 aliphatic rings. The average molecular weight is 459 g/mol. The Labute approximate surface area is 198 Å². The number of pyridine rings is 1. The van der Waals surface area contributed by atoms with E-state index in [0.717, 1.165) is 0 Å². The third-order valence-electron chi connectivity index (χ3n) is 4.57. The Hall–Kier alpha value is -5.05. The van der Waals surface area contributed by atoms with Crippen LogP contribution in [0, 0.1) is 11.3 Å². The first-order valence-electron chi connectivity index (χ1n) is 11.3. The second-order valence-electron chi connectivity index (χ2n) is 6.84. The molecule has 1 amide bonds. The molecule has 0 unspecified atom stereocenters. The van der Waals surface area contributed by atoms with Crippen molar-refractivity contribution in [2.24, 2.45) is 7.05 Å². The normalized spacial score (nSPS) is 12.0. The van der Waals surface area contributed by atoms with Gasteiger partial charge in [-0.1, -0.05) is 12.1 Å². The smallest absolute Gasteiger partial charge is 0.273 e. The minimum absolute atomic E-state index is 0.125. The summed E-state index contributed by atoms with van der Waals surface area (Å²) < 4.78 is 29.3. The monoisotopic (exact) mass is 459 g/mol. The molecule has 0 bridgehead atoms. The SMILES string of the molecule is [2H]C([2H])([2H])NC(=O)c1nnc(Nc2cccc(C#N)n2)cc1Nc1cccc(-c2ncn(C)n2)c1OC. The number of aryl methyl sites for hydroxylation is 1. The van der Waals surface area contributed by atoms with Crippen LogP contribution in [0.3, 0.4) is 0 Å². The maximum absolute atomic E-state index is 12.7. The highest BCUT2D eigenvalue weighted by Gasteiger charge is 2.19. The lowest BCUT2D eigenvalue weighted by atomic mass is 10.1. The van der Waals surface area contributed by atoms with Crippen LogP contribution in [0.25, 0.3) is 11.4 Å². The Morgan fingerprint density at radius 3 is 2.74 bits per heavy atom. The van der Waals surface area contributed by atoms with Gasteiger partial charge in [0.25, 0.3) is 5.91 Å². The maximum atomic E-state index is 12.7. The number of amides is 1. The summed E-state index contributed by atoms with van der Waals surface area (Å²) in [6.07, 6.45) is 1.55. The fourth-order valence-electron chi connectivity index (χ4n) is 3.11. The van der Waals surface area contributed by atoms with Crippen molar-refractivity contribution in [1.29, 1.82) is 5.26 Å². The number of hydrogen-bond donors (Lipinski definition) is 3. The molecule has 3 heterocycles. The third-order valence-corrected chi connectivity index (χ3v) is 4.57. The lowest BCUT2D eigenvalue weighted by Gasteiger charge is -2.16. The fraction of sp³-hybridized carbons (Fsp3) is 0.136. The van der Waals surface area contributed by atoms with Crippen molar-refractivity contribution in [2.45, 2.75) is 0 Å². The molecule has 3 aromatic heterocycles. The molecule has 0 fully saturated rings. The highest BCUT2D eigenvalue weighted by atomic mass is 16.5. The fourth-order valence-corrected chi connectivity index (χ4v) is 3.11. The first-order chi connectivity index (χ1) is 17.7. The number of benzene rings is 1. The quantitative estimate of drug-likeness (QED) is 0.375. The predicted octanol–water partition coefficient (Wildman–Crippen LogP) is 2.39. The summed E-state index contributed by atoms with van der Waals surface area (Å²) in [5.74, 6) is 0.331. The summed E-state index contributed by atoms with van der Waals surface area (Å²) in [5.41, 5.74) is 1.05. The number of nitrogens with zero attached hydrogens (tertiary/aromatic N) is 7. The summed E-state index contributed by atoms with van der Waals surface area (Å²) in [5, 5.41) is 29.2. The van der Waals surface area contributed by atoms with Gasteiger partial charge in [-0.25, -0.2) is 9.97 Å². The number of methoxy groups -OCH3 is 1. The number of nitriles is 1. The van der Waals surface area contributed by atoms with E-state index in [2.05, 4.69) is 35.9 Å². The first-order valence-corrected chi connectivity index (χ1v) is 9.81. The van der Waals surface area contributed by atoms with Gasteiger partial charge in [0.2, 0.25) is 0 Å². The molecule has 0 radical (unpaired) electrons. The molecule has 12 heteroatoms. The first kappa shape index (κ1) is 18.5. The molecule has 0 saturated heterocycles. The zero-order valence-corrected chi connectivity index (χ0v) is 18.1. The Bertz CT molecular complexity index is 1500. The standard InChI is InChI=1S/C22H20N10O2/c1-24-22(33)19-16(10-18(29-30-19)28-17-9-4-6-13(11-23)26-17)27-15-8-5-7-14(20(15)34-3)21-25-12-32(2)31-21/h4-10,12H,1-3H3,(H,24,33)(H2,26,27,28,29)/i1D3. The van der Waals surface area contributed by atoms with E-state index in [-0.39, 0.29) is 22.9 Å². The highest BCUT2D eigenvalue weighted by Crippen LogP contribution is 2.37. The van der Waals surface area contributed by atoms with E-state index in [4.69, 9.17) is 14.1 Å². The molecule has 4 rings (SSSR count). The molecule has 0 atom stereocenters. The zero-order chi connectivity index (χ0) is 26.6. The summed E-state index contributed by atoms with van der Waals surface area (Å²) in [6, 6.07) is 13.4. The van der Waals surface area contributed by atoms with Gasteiger partial charge in [0.15, 0.2) is 23.1 Å². The summed E-state index contributed by atoms with van der Waals surface area (Å²) in [7, 11) is 3.21. The minimum Gasteiger partial charge on any atom is -0.494 e. The molecular weight excluding hydrogens is 436 g/mol. The van der Waals surface area contributed by atoms with Crippen LogP contribution < -0.4 is 20.7 Å². The van der Waals surface area contributed by atoms with E-state index in [1.165, 1.54) is 13.2 Å². The van der Waals surface area contributed by atoms with Crippen LogP contribution in [0.1, 0.15) is 20.3 Å². The number of aromatic nitrogens is 6. The molecule has 0 aliphatic heterocycles. The number of anilines is 4. The highest BCUT2D eigenvalue weighted by molar-refractivity contribution is 5.99. The van der Waals surface area contributed by atoms with Gasteiger partial charge in [-0.05, 0) is 24.3 Å². The van der Waals surface area contributed by atoms with Crippen LogP contribution in [0.2, 0.25) is 0 Å². The van der Waals surface area contributed by atoms with Crippen LogP contribution in [0.5, 0.6) is 5.75 Å². The second-order valence-corrected chi connectivity index (χ2v) is 6.84. The Morgan fingerprint density at radius 2 is 2.00 bits per heavy atom. The van der Waals surface area contributed by atoms with Crippen molar-refractivity contribution in [3.05, 3.63) is 60.2 Å². The molecule has 34 heavy (non-hydrogen) atoms. The predicted molar refractivity (Wildman–Crippen MR) is 124 cm³/mol. The van der Waals surface area contributed by atoms with E-state index in [1.54, 1.807) is 54.5 Å². The van der Waals surface area contributed by atoms with E-state index in [1.807, 2.05) is 11.4 Å². The average Bonchev–Trinajstić information content (AvgIpc) is 3.29. The number of para-hydroxylation sites is 1. The van der Waals surface area contributed by atoms with Crippen molar-refractivity contribution < 1.29 is 13.6 Å². The van der Waals surface area contributed by atoms with Gasteiger partial charge in [-0.15, -0.1) is 10.2 Å². The van der Waals surface area contributed by atoms with Gasteiger partial charge in [-0.2, -0.15) is 10.4 Å². The van der Waals surface area contributed by atoms with Crippen molar-refractivity contribution in [2.75, 3.05) is 24.7 Å². The zero-order valence-electron chi connectivity index (χ0n) is 21.1. The number of ether oxygens (including phenoxy) is 1. The van der Waals surface area contributed by atoms with Crippen molar-refractivity contribution >= 4 is 28.9 Å². The Kier molecular flexibility index (Phi) is 5.24. The number of carbonyl (C=O) groups is 1. The van der Waals surface area contributed by atoms with Crippen LogP contribution in [-0.4, -0.2) is 49.9 Å². The molecule has 0 aliphatic carbocycles. The van der Waals surface area contributed by atoms with Gasteiger partial charge in [0.05, 0.1) is 24.0 Å². The minimum atomic E-state index is -2.74. The van der Waals surface area contributed by atoms with Crippen LogP contribution in [0.15, 0.2) is 48.8 Å². The Morgan fingerprint density at radius 1 is 1.15 bits per heavy atom. The number of rotatable bonds is 7. The third kappa shape index (κ3) is 4.58. The number of hydrogen-bond acceptors (Lipinski definition) is 10. The van der Waals surface area contributed by atoms with Crippen LogP contribution in [0.4, 0.5) is 23.0 Å². The van der Waals surface area contributed by atoms with E-state index < -0.39 is 12.9 Å². The van der Waals surface area contributed by atoms with Gasteiger partial charge < -0.3 is 20.7 Å². The number of carbonyl (C=O) groups excluding carboxylic acids is 1. The van der Waals surface area contributed by atoms with E-state index in [9.17, 15) is 4.79 Å². The molecular formula is C22H20N10O2. The molecule has 12 nitrogen and oxygen atoms in total. The van der Waals surface area contributed by atoms with Crippen LogP contribution in [-0.2, 0) is 7.05 Å². The summed E-state index contributed by atoms with van der Waals surface area (Å²) in [6.45, 7) is -2.74. The van der Waals surface area contributed by atoms with Crippen molar-refractivity contribution in [1.82, 2.24) is 35.3 Å². The molecule has 4 aromatic rings. The maximum Gasteiger partial charge on any atom is 0.273 e.